The van der Waals surface area contributed by atoms with Gasteiger partial charge in [0.2, 0.25) is 0 Å². The highest BCUT2D eigenvalue weighted by molar-refractivity contribution is 7.13. The zero-order valence-corrected chi connectivity index (χ0v) is 12.4. The molecule has 1 aromatic carbocycles. The molecule has 0 bridgehead atoms. The van der Waals surface area contributed by atoms with E-state index in [1.165, 1.54) is 12.7 Å². The molecule has 0 amide bonds. The highest BCUT2D eigenvalue weighted by Crippen LogP contribution is 2.32. The van der Waals surface area contributed by atoms with Crippen molar-refractivity contribution < 1.29 is 9.53 Å². The van der Waals surface area contributed by atoms with Crippen LogP contribution in [0.1, 0.15) is 25.1 Å². The Hall–Kier alpha value is -1.68. The molecule has 2 rings (SSSR count). The van der Waals surface area contributed by atoms with Gasteiger partial charge in [-0.3, -0.25) is 4.79 Å². The van der Waals surface area contributed by atoms with Gasteiger partial charge in [-0.1, -0.05) is 24.3 Å². The first-order valence-electron chi connectivity index (χ1n) is 6.07. The summed E-state index contributed by atoms with van der Waals surface area (Å²) in [6.07, 6.45) is 0. The molecule has 4 heteroatoms. The Morgan fingerprint density at radius 3 is 2.63 bits per heavy atom. The second-order valence-corrected chi connectivity index (χ2v) is 5.83. The molecule has 1 aromatic heterocycles. The fourth-order valence-electron chi connectivity index (χ4n) is 1.86. The first kappa shape index (κ1) is 13.7. The summed E-state index contributed by atoms with van der Waals surface area (Å²) in [5.41, 5.74) is 2.33. The predicted octanol–water partition coefficient (Wildman–Crippen LogP) is 3.57. The third-order valence-electron chi connectivity index (χ3n) is 3.22. The van der Waals surface area contributed by atoms with Crippen LogP contribution in [0.3, 0.4) is 0 Å². The summed E-state index contributed by atoms with van der Waals surface area (Å²) in [6.45, 7) is 5.72. The first-order valence-corrected chi connectivity index (χ1v) is 6.95. The zero-order chi connectivity index (χ0) is 14.0. The Kier molecular flexibility index (Phi) is 3.71. The third-order valence-corrected chi connectivity index (χ3v) is 4.09. The average Bonchev–Trinajstić information content (AvgIpc) is 2.88. The van der Waals surface area contributed by atoms with Gasteiger partial charge in [0.25, 0.3) is 0 Å². The lowest BCUT2D eigenvalue weighted by molar-refractivity contribution is -0.146. The Morgan fingerprint density at radius 1 is 1.32 bits per heavy atom. The van der Waals surface area contributed by atoms with E-state index in [0.717, 1.165) is 16.3 Å². The number of aryl methyl sites for hydroxylation is 1. The molecular weight excluding hydrogens is 258 g/mol. The molecule has 0 atom stereocenters. The number of hydrogen-bond donors (Lipinski definition) is 0. The number of ether oxygens (including phenoxy) is 1. The molecule has 1 heterocycles. The molecule has 0 saturated carbocycles. The van der Waals surface area contributed by atoms with Crippen LogP contribution in [0.15, 0.2) is 29.6 Å². The van der Waals surface area contributed by atoms with Gasteiger partial charge in [0.05, 0.1) is 12.8 Å². The largest absolute Gasteiger partial charge is 0.468 e. The maximum Gasteiger partial charge on any atom is 0.317 e. The minimum atomic E-state index is -0.716. The van der Waals surface area contributed by atoms with Crippen LogP contribution >= 0.6 is 11.3 Å². The lowest BCUT2D eigenvalue weighted by Crippen LogP contribution is -2.30. The van der Waals surface area contributed by atoms with Crippen molar-refractivity contribution >= 4 is 17.3 Å². The van der Waals surface area contributed by atoms with Crippen molar-refractivity contribution in [1.29, 1.82) is 0 Å². The van der Waals surface area contributed by atoms with Gasteiger partial charge in [-0.25, -0.2) is 4.98 Å². The van der Waals surface area contributed by atoms with E-state index in [0.29, 0.717) is 0 Å². The molecule has 100 valence electrons. The van der Waals surface area contributed by atoms with Gasteiger partial charge in [-0.2, -0.15) is 0 Å². The number of methoxy groups -OCH3 is 1. The van der Waals surface area contributed by atoms with Crippen molar-refractivity contribution in [3.63, 3.8) is 0 Å². The fourth-order valence-corrected chi connectivity index (χ4v) is 2.93. The van der Waals surface area contributed by atoms with Gasteiger partial charge in [-0.15, -0.1) is 11.3 Å². The molecule has 3 nitrogen and oxygen atoms in total. The molecule has 0 saturated heterocycles. The first-order chi connectivity index (χ1) is 8.96. The van der Waals surface area contributed by atoms with E-state index in [9.17, 15) is 4.79 Å². The molecule has 2 aromatic rings. The Labute approximate surface area is 117 Å². The van der Waals surface area contributed by atoms with Crippen LogP contribution in [0.4, 0.5) is 0 Å². The smallest absolute Gasteiger partial charge is 0.317 e. The second kappa shape index (κ2) is 5.13. The maximum absolute atomic E-state index is 11.8. The fraction of sp³-hybridized carbons (Fsp3) is 0.333. The molecule has 0 aliphatic carbocycles. The van der Waals surface area contributed by atoms with Crippen LogP contribution < -0.4 is 0 Å². The standard InChI is InChI=1S/C15H17NO2S/c1-10-7-5-6-8-11(10)13-16-12(9-19-13)15(2,3)14(17)18-4/h5-9H,1-4H3. The number of carbonyl (C=O) groups is 1. The Morgan fingerprint density at radius 2 is 2.00 bits per heavy atom. The van der Waals surface area contributed by atoms with Gasteiger partial charge in [0.1, 0.15) is 10.4 Å². The minimum Gasteiger partial charge on any atom is -0.468 e. The summed E-state index contributed by atoms with van der Waals surface area (Å²) in [7, 11) is 1.40. The van der Waals surface area contributed by atoms with E-state index >= 15 is 0 Å². The highest BCUT2D eigenvalue weighted by Gasteiger charge is 2.33. The normalized spacial score (nSPS) is 11.4. The minimum absolute atomic E-state index is 0.269. The van der Waals surface area contributed by atoms with Gasteiger partial charge >= 0.3 is 5.97 Å². The number of benzene rings is 1. The van der Waals surface area contributed by atoms with Gasteiger partial charge < -0.3 is 4.74 Å². The average molecular weight is 275 g/mol. The van der Waals surface area contributed by atoms with Crippen LogP contribution in [0.25, 0.3) is 10.6 Å². The van der Waals surface area contributed by atoms with Crippen molar-refractivity contribution in [2.24, 2.45) is 0 Å². The number of rotatable bonds is 3. The van der Waals surface area contributed by atoms with Crippen molar-refractivity contribution in [1.82, 2.24) is 4.98 Å². The summed E-state index contributed by atoms with van der Waals surface area (Å²) < 4.78 is 4.83. The van der Waals surface area contributed by atoms with Crippen molar-refractivity contribution in [2.45, 2.75) is 26.2 Å². The molecule has 0 radical (unpaired) electrons. The van der Waals surface area contributed by atoms with Gasteiger partial charge in [0, 0.05) is 10.9 Å². The van der Waals surface area contributed by atoms with E-state index in [-0.39, 0.29) is 5.97 Å². The Bertz CT molecular complexity index is 602. The summed E-state index contributed by atoms with van der Waals surface area (Å²) in [5, 5.41) is 2.86. The summed E-state index contributed by atoms with van der Waals surface area (Å²) in [4.78, 5) is 16.4. The molecule has 0 aliphatic rings. The highest BCUT2D eigenvalue weighted by atomic mass is 32.1. The van der Waals surface area contributed by atoms with E-state index in [2.05, 4.69) is 18.0 Å². The SMILES string of the molecule is COC(=O)C(C)(C)c1csc(-c2ccccc2C)n1. The Balaban J connectivity index is 2.40. The van der Waals surface area contributed by atoms with E-state index in [1.807, 2.05) is 37.4 Å². The second-order valence-electron chi connectivity index (χ2n) is 4.97. The number of hydrogen-bond acceptors (Lipinski definition) is 4. The third kappa shape index (κ3) is 2.54. The number of nitrogens with zero attached hydrogens (tertiary/aromatic N) is 1. The number of esters is 1. The van der Waals surface area contributed by atoms with Crippen LogP contribution in [-0.2, 0) is 14.9 Å². The molecule has 0 aliphatic heterocycles. The summed E-state index contributed by atoms with van der Waals surface area (Å²) in [5.74, 6) is -0.269. The maximum atomic E-state index is 11.8. The van der Waals surface area contributed by atoms with E-state index < -0.39 is 5.41 Å². The summed E-state index contributed by atoms with van der Waals surface area (Å²) >= 11 is 1.55. The number of aromatic nitrogens is 1. The molecular formula is C15H17NO2S. The molecule has 0 unspecified atom stereocenters. The van der Waals surface area contributed by atoms with Crippen LogP contribution in [0.2, 0.25) is 0 Å². The van der Waals surface area contributed by atoms with Crippen molar-refractivity contribution in [3.8, 4) is 10.6 Å². The molecule has 0 fully saturated rings. The lowest BCUT2D eigenvalue weighted by atomic mass is 9.90. The monoisotopic (exact) mass is 275 g/mol. The predicted molar refractivity (Wildman–Crippen MR) is 77.3 cm³/mol. The molecule has 0 N–H and O–H groups in total. The zero-order valence-electron chi connectivity index (χ0n) is 11.6. The lowest BCUT2D eigenvalue weighted by Gasteiger charge is -2.18. The van der Waals surface area contributed by atoms with Crippen LogP contribution in [0, 0.1) is 6.92 Å². The van der Waals surface area contributed by atoms with Gasteiger partial charge in [0.15, 0.2) is 0 Å². The van der Waals surface area contributed by atoms with Crippen molar-refractivity contribution in [3.05, 3.63) is 40.9 Å². The van der Waals surface area contributed by atoms with Crippen molar-refractivity contribution in [2.75, 3.05) is 7.11 Å². The number of thiazole rings is 1. The van der Waals surface area contributed by atoms with Crippen LogP contribution in [0.5, 0.6) is 0 Å². The van der Waals surface area contributed by atoms with E-state index in [4.69, 9.17) is 4.74 Å². The molecule has 0 spiro atoms. The topological polar surface area (TPSA) is 39.2 Å². The van der Waals surface area contributed by atoms with Gasteiger partial charge in [-0.05, 0) is 26.3 Å². The van der Waals surface area contributed by atoms with E-state index in [1.54, 1.807) is 11.3 Å². The van der Waals surface area contributed by atoms with Crippen LogP contribution in [-0.4, -0.2) is 18.1 Å². The molecule has 19 heavy (non-hydrogen) atoms. The number of carbonyl (C=O) groups excluding carboxylic acids is 1. The quantitative estimate of drug-likeness (QED) is 0.804. The summed E-state index contributed by atoms with van der Waals surface area (Å²) in [6, 6.07) is 8.10.